The topological polar surface area (TPSA) is 76.5 Å². The van der Waals surface area contributed by atoms with E-state index in [1.54, 1.807) is 23.6 Å². The average molecular weight is 263 g/mol. The van der Waals surface area contributed by atoms with Crippen LogP contribution in [0.15, 0.2) is 42.0 Å². The van der Waals surface area contributed by atoms with E-state index in [0.717, 1.165) is 0 Å². The van der Waals surface area contributed by atoms with Crippen LogP contribution in [0.25, 0.3) is 0 Å². The van der Waals surface area contributed by atoms with Gasteiger partial charge in [0.2, 0.25) is 6.10 Å². The number of pyridine rings is 1. The molecule has 0 aliphatic rings. The van der Waals surface area contributed by atoms with Crippen LogP contribution < -0.4 is 0 Å². The van der Waals surface area contributed by atoms with Gasteiger partial charge in [0.25, 0.3) is 0 Å². The van der Waals surface area contributed by atoms with Crippen molar-refractivity contribution >= 4 is 23.3 Å². The standard InChI is InChI=1S/C12H9NO4S/c14-11(15)10(9-4-2-6-18-9)17-12(16)8-3-1-5-13-7-8/h1-7,10H,(H,14,15). The minimum Gasteiger partial charge on any atom is -0.478 e. The van der Waals surface area contributed by atoms with Crippen molar-refractivity contribution in [2.24, 2.45) is 0 Å². The van der Waals surface area contributed by atoms with E-state index in [-0.39, 0.29) is 5.56 Å². The van der Waals surface area contributed by atoms with Crippen LogP contribution in [0.1, 0.15) is 21.3 Å². The van der Waals surface area contributed by atoms with Gasteiger partial charge in [-0.05, 0) is 23.6 Å². The van der Waals surface area contributed by atoms with Crippen LogP contribution in [-0.2, 0) is 9.53 Å². The molecular formula is C12H9NO4S. The van der Waals surface area contributed by atoms with Gasteiger partial charge in [-0.3, -0.25) is 4.98 Å². The number of rotatable bonds is 4. The Hall–Kier alpha value is -2.21. The minimum absolute atomic E-state index is 0.223. The Kier molecular flexibility index (Phi) is 3.69. The molecule has 2 aromatic heterocycles. The lowest BCUT2D eigenvalue weighted by molar-refractivity contribution is -0.147. The number of hydrogen-bond donors (Lipinski definition) is 1. The third-order valence-corrected chi connectivity index (χ3v) is 3.06. The fourth-order valence-electron chi connectivity index (χ4n) is 1.33. The van der Waals surface area contributed by atoms with E-state index in [2.05, 4.69) is 4.98 Å². The molecule has 0 spiro atoms. The van der Waals surface area contributed by atoms with Gasteiger partial charge in [-0.1, -0.05) is 6.07 Å². The van der Waals surface area contributed by atoms with Crippen molar-refractivity contribution in [2.75, 3.05) is 0 Å². The first-order valence-corrected chi connectivity index (χ1v) is 5.93. The Labute approximate surface area is 107 Å². The summed E-state index contributed by atoms with van der Waals surface area (Å²) in [5.74, 6) is -1.90. The predicted octanol–water partition coefficient (Wildman–Crippen LogP) is 2.13. The lowest BCUT2D eigenvalue weighted by atomic mass is 10.2. The number of nitrogens with zero attached hydrogens (tertiary/aromatic N) is 1. The highest BCUT2D eigenvalue weighted by molar-refractivity contribution is 7.10. The second-order valence-electron chi connectivity index (χ2n) is 3.38. The van der Waals surface area contributed by atoms with Crippen LogP contribution in [0.4, 0.5) is 0 Å². The third kappa shape index (κ3) is 2.72. The largest absolute Gasteiger partial charge is 0.478 e. The molecule has 0 fully saturated rings. The summed E-state index contributed by atoms with van der Waals surface area (Å²) < 4.78 is 4.97. The molecule has 2 aromatic rings. The van der Waals surface area contributed by atoms with Gasteiger partial charge in [-0.2, -0.15) is 0 Å². The molecule has 0 radical (unpaired) electrons. The Bertz CT molecular complexity index is 538. The van der Waals surface area contributed by atoms with E-state index < -0.39 is 18.0 Å². The maximum absolute atomic E-state index is 11.7. The molecule has 2 rings (SSSR count). The summed E-state index contributed by atoms with van der Waals surface area (Å²) in [6.45, 7) is 0. The zero-order chi connectivity index (χ0) is 13.0. The van der Waals surface area contributed by atoms with Crippen molar-refractivity contribution in [3.05, 3.63) is 52.5 Å². The van der Waals surface area contributed by atoms with Gasteiger partial charge < -0.3 is 9.84 Å². The number of esters is 1. The fourth-order valence-corrected chi connectivity index (χ4v) is 2.07. The molecule has 92 valence electrons. The molecule has 0 saturated heterocycles. The molecule has 2 heterocycles. The summed E-state index contributed by atoms with van der Waals surface area (Å²) >= 11 is 1.22. The summed E-state index contributed by atoms with van der Waals surface area (Å²) in [6, 6.07) is 6.41. The summed E-state index contributed by atoms with van der Waals surface area (Å²) in [5, 5.41) is 10.8. The zero-order valence-corrected chi connectivity index (χ0v) is 9.96. The average Bonchev–Trinajstić information content (AvgIpc) is 2.90. The highest BCUT2D eigenvalue weighted by Gasteiger charge is 2.25. The quantitative estimate of drug-likeness (QED) is 0.855. The molecule has 1 unspecified atom stereocenters. The smallest absolute Gasteiger partial charge is 0.350 e. The summed E-state index contributed by atoms with van der Waals surface area (Å²) in [5.41, 5.74) is 0.223. The van der Waals surface area contributed by atoms with Gasteiger partial charge in [-0.25, -0.2) is 9.59 Å². The molecule has 6 heteroatoms. The number of aromatic nitrogens is 1. The summed E-state index contributed by atoms with van der Waals surface area (Å²) in [4.78, 5) is 27.1. The summed E-state index contributed by atoms with van der Waals surface area (Å²) in [7, 11) is 0. The molecule has 18 heavy (non-hydrogen) atoms. The molecule has 0 amide bonds. The Morgan fingerprint density at radius 3 is 2.72 bits per heavy atom. The first-order chi connectivity index (χ1) is 8.68. The molecule has 1 atom stereocenters. The van der Waals surface area contributed by atoms with Crippen LogP contribution in [0.2, 0.25) is 0 Å². The number of carbonyl (C=O) groups excluding carboxylic acids is 1. The van der Waals surface area contributed by atoms with Gasteiger partial charge in [0.1, 0.15) is 0 Å². The summed E-state index contributed by atoms with van der Waals surface area (Å²) in [6.07, 6.45) is 1.57. The van der Waals surface area contributed by atoms with Crippen molar-refractivity contribution in [3.63, 3.8) is 0 Å². The van der Waals surface area contributed by atoms with Gasteiger partial charge in [0.05, 0.1) is 10.4 Å². The Morgan fingerprint density at radius 2 is 2.17 bits per heavy atom. The molecule has 0 aromatic carbocycles. The van der Waals surface area contributed by atoms with Gasteiger partial charge in [0, 0.05) is 12.4 Å². The van der Waals surface area contributed by atoms with E-state index >= 15 is 0 Å². The van der Waals surface area contributed by atoms with E-state index in [4.69, 9.17) is 9.84 Å². The molecular weight excluding hydrogens is 254 g/mol. The van der Waals surface area contributed by atoms with E-state index in [0.29, 0.717) is 4.88 Å². The van der Waals surface area contributed by atoms with Crippen LogP contribution in [0.3, 0.4) is 0 Å². The molecule has 0 bridgehead atoms. The van der Waals surface area contributed by atoms with Crippen molar-refractivity contribution in [3.8, 4) is 0 Å². The lowest BCUT2D eigenvalue weighted by Gasteiger charge is -2.11. The number of carboxylic acids is 1. The molecule has 0 saturated carbocycles. The third-order valence-electron chi connectivity index (χ3n) is 2.15. The highest BCUT2D eigenvalue weighted by atomic mass is 32.1. The second-order valence-corrected chi connectivity index (χ2v) is 4.36. The van der Waals surface area contributed by atoms with Crippen molar-refractivity contribution in [1.82, 2.24) is 4.98 Å². The number of carboxylic acid groups (broad SMARTS) is 1. The first kappa shape index (κ1) is 12.3. The van der Waals surface area contributed by atoms with E-state index in [1.807, 2.05) is 0 Å². The first-order valence-electron chi connectivity index (χ1n) is 5.05. The Balaban J connectivity index is 2.16. The number of thiophene rings is 1. The van der Waals surface area contributed by atoms with E-state index in [1.165, 1.54) is 29.8 Å². The Morgan fingerprint density at radius 1 is 1.33 bits per heavy atom. The number of carbonyl (C=O) groups is 2. The van der Waals surface area contributed by atoms with Crippen LogP contribution in [-0.4, -0.2) is 22.0 Å². The normalized spacial score (nSPS) is 11.8. The van der Waals surface area contributed by atoms with Crippen molar-refractivity contribution in [1.29, 1.82) is 0 Å². The predicted molar refractivity (Wildman–Crippen MR) is 64.3 cm³/mol. The molecule has 5 nitrogen and oxygen atoms in total. The van der Waals surface area contributed by atoms with E-state index in [9.17, 15) is 9.59 Å². The van der Waals surface area contributed by atoms with Crippen LogP contribution in [0.5, 0.6) is 0 Å². The monoisotopic (exact) mass is 263 g/mol. The maximum Gasteiger partial charge on any atom is 0.350 e. The number of hydrogen-bond acceptors (Lipinski definition) is 5. The van der Waals surface area contributed by atoms with Crippen LogP contribution >= 0.6 is 11.3 Å². The van der Waals surface area contributed by atoms with Gasteiger partial charge in [-0.15, -0.1) is 11.3 Å². The van der Waals surface area contributed by atoms with Gasteiger partial charge >= 0.3 is 11.9 Å². The molecule has 0 aliphatic heterocycles. The lowest BCUT2D eigenvalue weighted by Crippen LogP contribution is -2.18. The minimum atomic E-state index is -1.28. The second kappa shape index (κ2) is 5.42. The van der Waals surface area contributed by atoms with Gasteiger partial charge in [0.15, 0.2) is 0 Å². The van der Waals surface area contributed by atoms with Crippen molar-refractivity contribution < 1.29 is 19.4 Å². The number of ether oxygens (including phenoxy) is 1. The van der Waals surface area contributed by atoms with Crippen molar-refractivity contribution in [2.45, 2.75) is 6.10 Å². The SMILES string of the molecule is O=C(OC(C(=O)O)c1cccs1)c1cccnc1. The maximum atomic E-state index is 11.7. The fraction of sp³-hybridized carbons (Fsp3) is 0.0833. The zero-order valence-electron chi connectivity index (χ0n) is 9.15. The molecule has 0 aliphatic carbocycles. The highest BCUT2D eigenvalue weighted by Crippen LogP contribution is 2.23. The van der Waals surface area contributed by atoms with Crippen LogP contribution in [0, 0.1) is 0 Å². The molecule has 1 N–H and O–H groups in total. The number of aliphatic carboxylic acids is 1.